The molecule has 2 heterocycles. The van der Waals surface area contributed by atoms with Gasteiger partial charge in [0.1, 0.15) is 23.9 Å². The van der Waals surface area contributed by atoms with Crippen LogP contribution in [0.15, 0.2) is 72.8 Å². The molecule has 0 atom stereocenters. The van der Waals surface area contributed by atoms with Crippen LogP contribution in [0.25, 0.3) is 0 Å². The van der Waals surface area contributed by atoms with Crippen molar-refractivity contribution in [3.63, 3.8) is 0 Å². The second-order valence-electron chi connectivity index (χ2n) is 9.15. The first kappa shape index (κ1) is 23.4. The van der Waals surface area contributed by atoms with Gasteiger partial charge in [-0.15, -0.1) is 0 Å². The molecule has 35 heavy (non-hydrogen) atoms. The van der Waals surface area contributed by atoms with E-state index in [1.807, 2.05) is 72.8 Å². The molecule has 0 saturated carbocycles. The quantitative estimate of drug-likeness (QED) is 0.514. The number of carbonyl (C=O) groups excluding carboxylic acids is 1. The first-order chi connectivity index (χ1) is 17.2. The number of para-hydroxylation sites is 2. The second-order valence-corrected chi connectivity index (χ2v) is 9.15. The van der Waals surface area contributed by atoms with Crippen molar-refractivity contribution in [1.82, 2.24) is 10.2 Å². The van der Waals surface area contributed by atoms with Gasteiger partial charge < -0.3 is 19.5 Å². The average molecular weight is 473 g/mol. The predicted octanol–water partition coefficient (Wildman–Crippen LogP) is 4.73. The molecule has 1 fully saturated rings. The molecule has 2 aliphatic rings. The van der Waals surface area contributed by atoms with Gasteiger partial charge in [-0.05, 0) is 49.7 Å². The molecule has 0 aliphatic carbocycles. The molecule has 1 amide bonds. The number of fused-ring (bicyclic) bond motifs is 2. The van der Waals surface area contributed by atoms with Crippen molar-refractivity contribution in [3.8, 4) is 17.2 Å². The number of hydrogen-bond acceptors (Lipinski definition) is 5. The molecule has 0 radical (unpaired) electrons. The van der Waals surface area contributed by atoms with Crippen molar-refractivity contribution < 1.29 is 19.0 Å². The van der Waals surface area contributed by atoms with E-state index in [1.54, 1.807) is 0 Å². The van der Waals surface area contributed by atoms with Crippen LogP contribution in [0.3, 0.4) is 0 Å². The molecule has 1 N–H and O–H groups in total. The van der Waals surface area contributed by atoms with Gasteiger partial charge in [0.05, 0.1) is 5.92 Å². The summed E-state index contributed by atoms with van der Waals surface area (Å²) in [5.41, 5.74) is 2.77. The van der Waals surface area contributed by atoms with Crippen LogP contribution in [-0.2, 0) is 16.1 Å². The lowest BCUT2D eigenvalue weighted by molar-refractivity contribution is -0.122. The number of likely N-dealkylation sites (N-methyl/N-ethyl adjacent to an activating group) is 1. The molecule has 0 unspecified atom stereocenters. The van der Waals surface area contributed by atoms with Crippen LogP contribution >= 0.6 is 0 Å². The number of nitrogens with one attached hydrogen (secondary N) is 1. The Kier molecular flexibility index (Phi) is 7.31. The summed E-state index contributed by atoms with van der Waals surface area (Å²) >= 11 is 0. The topological polar surface area (TPSA) is 60.0 Å². The Labute approximate surface area is 206 Å². The largest absolute Gasteiger partial charge is 0.492 e. The van der Waals surface area contributed by atoms with Crippen LogP contribution in [0.4, 0.5) is 0 Å². The SMILES string of the molecule is CN(CCOc1cccc(CNC(=O)C2c3ccccc3Oc3ccccc32)c1)C1CCOCC1. The van der Waals surface area contributed by atoms with Crippen molar-refractivity contribution >= 4 is 5.91 Å². The van der Waals surface area contributed by atoms with E-state index in [4.69, 9.17) is 14.2 Å². The summed E-state index contributed by atoms with van der Waals surface area (Å²) < 4.78 is 17.5. The minimum atomic E-state index is -0.406. The lowest BCUT2D eigenvalue weighted by Gasteiger charge is -2.31. The molecule has 3 aromatic carbocycles. The van der Waals surface area contributed by atoms with E-state index >= 15 is 0 Å². The number of benzene rings is 3. The summed E-state index contributed by atoms with van der Waals surface area (Å²) in [6.45, 7) is 3.61. The molecule has 0 bridgehead atoms. The van der Waals surface area contributed by atoms with E-state index < -0.39 is 5.92 Å². The van der Waals surface area contributed by atoms with Crippen LogP contribution in [-0.4, -0.2) is 50.3 Å². The third kappa shape index (κ3) is 5.50. The molecule has 2 aliphatic heterocycles. The van der Waals surface area contributed by atoms with Crippen LogP contribution in [0, 0.1) is 0 Å². The lowest BCUT2D eigenvalue weighted by atomic mass is 9.87. The minimum Gasteiger partial charge on any atom is -0.492 e. The van der Waals surface area contributed by atoms with Gasteiger partial charge in [0, 0.05) is 43.5 Å². The van der Waals surface area contributed by atoms with E-state index in [0.29, 0.717) is 19.2 Å². The average Bonchev–Trinajstić information content (AvgIpc) is 2.91. The second kappa shape index (κ2) is 10.9. The third-order valence-corrected chi connectivity index (χ3v) is 6.83. The maximum Gasteiger partial charge on any atom is 0.232 e. The zero-order valence-corrected chi connectivity index (χ0v) is 20.1. The van der Waals surface area contributed by atoms with Crippen molar-refractivity contribution in [2.24, 2.45) is 0 Å². The summed E-state index contributed by atoms with van der Waals surface area (Å²) in [6.07, 6.45) is 2.15. The Morgan fingerprint density at radius 3 is 2.37 bits per heavy atom. The van der Waals surface area contributed by atoms with Gasteiger partial charge in [-0.2, -0.15) is 0 Å². The summed E-state index contributed by atoms with van der Waals surface area (Å²) in [5, 5.41) is 3.12. The first-order valence-electron chi connectivity index (χ1n) is 12.3. The Morgan fingerprint density at radius 1 is 0.971 bits per heavy atom. The third-order valence-electron chi connectivity index (χ3n) is 6.83. The van der Waals surface area contributed by atoms with Gasteiger partial charge in [-0.1, -0.05) is 48.5 Å². The number of nitrogens with zero attached hydrogens (tertiary/aromatic N) is 1. The molecule has 5 rings (SSSR count). The molecular formula is C29H32N2O4. The fourth-order valence-corrected chi connectivity index (χ4v) is 4.84. The molecule has 0 aromatic heterocycles. The number of hydrogen-bond donors (Lipinski definition) is 1. The number of amides is 1. The normalized spacial score (nSPS) is 15.7. The van der Waals surface area contributed by atoms with E-state index in [2.05, 4.69) is 17.3 Å². The first-order valence-corrected chi connectivity index (χ1v) is 12.3. The number of carbonyl (C=O) groups is 1. The van der Waals surface area contributed by atoms with Crippen molar-refractivity contribution in [3.05, 3.63) is 89.5 Å². The Bertz CT molecular complexity index is 1110. The number of ether oxygens (including phenoxy) is 3. The molecule has 6 nitrogen and oxygen atoms in total. The summed E-state index contributed by atoms with van der Waals surface area (Å²) in [7, 11) is 2.15. The summed E-state index contributed by atoms with van der Waals surface area (Å²) in [4.78, 5) is 15.7. The van der Waals surface area contributed by atoms with Crippen LogP contribution in [0.1, 0.15) is 35.4 Å². The zero-order chi connectivity index (χ0) is 24.0. The highest BCUT2D eigenvalue weighted by Gasteiger charge is 2.32. The van der Waals surface area contributed by atoms with Gasteiger partial charge in [-0.3, -0.25) is 9.69 Å². The lowest BCUT2D eigenvalue weighted by Crippen LogP contribution is -2.38. The van der Waals surface area contributed by atoms with E-state index in [0.717, 1.165) is 66.5 Å². The van der Waals surface area contributed by atoms with Gasteiger partial charge in [0.2, 0.25) is 5.91 Å². The number of rotatable bonds is 8. The van der Waals surface area contributed by atoms with Crippen molar-refractivity contribution in [2.75, 3.05) is 33.4 Å². The van der Waals surface area contributed by atoms with Crippen LogP contribution in [0.2, 0.25) is 0 Å². The molecular weight excluding hydrogens is 440 g/mol. The molecule has 3 aromatic rings. The Balaban J connectivity index is 1.19. The van der Waals surface area contributed by atoms with E-state index in [9.17, 15) is 4.79 Å². The highest BCUT2D eigenvalue weighted by molar-refractivity contribution is 5.89. The molecule has 182 valence electrons. The highest BCUT2D eigenvalue weighted by Crippen LogP contribution is 2.43. The fourth-order valence-electron chi connectivity index (χ4n) is 4.84. The van der Waals surface area contributed by atoms with E-state index in [-0.39, 0.29) is 5.91 Å². The monoisotopic (exact) mass is 472 g/mol. The Hall–Kier alpha value is -3.35. The van der Waals surface area contributed by atoms with Crippen molar-refractivity contribution in [1.29, 1.82) is 0 Å². The van der Waals surface area contributed by atoms with Crippen molar-refractivity contribution in [2.45, 2.75) is 31.3 Å². The summed E-state index contributed by atoms with van der Waals surface area (Å²) in [5.74, 6) is 1.83. The minimum absolute atomic E-state index is 0.0439. The van der Waals surface area contributed by atoms with Gasteiger partial charge in [-0.25, -0.2) is 0 Å². The van der Waals surface area contributed by atoms with Crippen LogP contribution < -0.4 is 14.8 Å². The standard InChI is InChI=1S/C29H32N2O4/c1-31(22-13-16-33-17-14-22)15-18-34-23-8-6-7-21(19-23)20-30-29(32)28-24-9-2-4-11-26(24)35-27-12-5-3-10-25(27)28/h2-12,19,22,28H,13-18,20H2,1H3,(H,30,32). The highest BCUT2D eigenvalue weighted by atomic mass is 16.5. The molecule has 1 saturated heterocycles. The van der Waals surface area contributed by atoms with Crippen LogP contribution in [0.5, 0.6) is 17.2 Å². The molecule has 6 heteroatoms. The maximum absolute atomic E-state index is 13.4. The maximum atomic E-state index is 13.4. The van der Waals surface area contributed by atoms with Gasteiger partial charge in [0.15, 0.2) is 0 Å². The van der Waals surface area contributed by atoms with Gasteiger partial charge >= 0.3 is 0 Å². The fraction of sp³-hybridized carbons (Fsp3) is 0.345. The zero-order valence-electron chi connectivity index (χ0n) is 20.1. The predicted molar refractivity (Wildman–Crippen MR) is 135 cm³/mol. The molecule has 0 spiro atoms. The van der Waals surface area contributed by atoms with E-state index in [1.165, 1.54) is 0 Å². The smallest absolute Gasteiger partial charge is 0.232 e. The van der Waals surface area contributed by atoms with Gasteiger partial charge in [0.25, 0.3) is 0 Å². The summed E-state index contributed by atoms with van der Waals surface area (Å²) in [6, 6.07) is 24.0. The Morgan fingerprint density at radius 2 is 1.66 bits per heavy atom.